The van der Waals surface area contributed by atoms with Crippen LogP contribution in [0.1, 0.15) is 0 Å². The minimum atomic E-state index is -3.00. The molecule has 0 saturated heterocycles. The Bertz CT molecular complexity index is 106. The van der Waals surface area contributed by atoms with Gasteiger partial charge in [-0.1, -0.05) is 5.92 Å². The normalized spacial score (nSPS) is 10.0. The van der Waals surface area contributed by atoms with Crippen molar-refractivity contribution < 1.29 is 13.3 Å². The summed E-state index contributed by atoms with van der Waals surface area (Å²) in [6.45, 7) is -0.230. The van der Waals surface area contributed by atoms with Gasteiger partial charge in [0.25, 0.3) is 0 Å². The molecule has 0 aliphatic carbocycles. The molecule has 0 bridgehead atoms. The highest BCUT2D eigenvalue weighted by Gasteiger charge is 2.13. The molecule has 0 spiro atoms. The lowest BCUT2D eigenvalue weighted by molar-refractivity contribution is 0.349. The summed E-state index contributed by atoms with van der Waals surface area (Å²) in [5.74, 6) is 1.95. The molecule has 0 aromatic carbocycles. The first kappa shape index (κ1) is 6.55. The smallest absolute Gasteiger partial charge is 0.117 e. The van der Waals surface area contributed by atoms with Crippen molar-refractivity contribution >= 4 is 8.34 Å². The number of hydrogen-bond acceptors (Lipinski definition) is 2. The van der Waals surface area contributed by atoms with Crippen molar-refractivity contribution in [1.29, 1.82) is 0 Å². The summed E-state index contributed by atoms with van der Waals surface area (Å²) < 4.78 is 24.2. The molecule has 0 aliphatic heterocycles. The van der Waals surface area contributed by atoms with Gasteiger partial charge in [0, 0.05) is 4.57 Å². The SMILES string of the molecule is C#CCO[P+](=O)F. The van der Waals surface area contributed by atoms with Gasteiger partial charge < -0.3 is 0 Å². The predicted molar refractivity (Wildman–Crippen MR) is 23.5 cm³/mol. The molecule has 0 amide bonds. The van der Waals surface area contributed by atoms with Crippen LogP contribution >= 0.6 is 8.34 Å². The summed E-state index contributed by atoms with van der Waals surface area (Å²) in [5, 5.41) is 0. The first-order valence-electron chi connectivity index (χ1n) is 1.47. The fourth-order valence-corrected chi connectivity index (χ4v) is 0.264. The topological polar surface area (TPSA) is 26.3 Å². The van der Waals surface area contributed by atoms with E-state index in [0.29, 0.717) is 0 Å². The van der Waals surface area contributed by atoms with E-state index in [1.807, 2.05) is 5.92 Å². The van der Waals surface area contributed by atoms with Crippen LogP contribution in [0.25, 0.3) is 0 Å². The van der Waals surface area contributed by atoms with Crippen molar-refractivity contribution in [1.82, 2.24) is 0 Å². The van der Waals surface area contributed by atoms with Crippen LogP contribution in [0.15, 0.2) is 0 Å². The Morgan fingerprint density at radius 2 is 2.57 bits per heavy atom. The Labute approximate surface area is 41.7 Å². The van der Waals surface area contributed by atoms with Gasteiger partial charge in [-0.05, 0) is 0 Å². The lowest BCUT2D eigenvalue weighted by Crippen LogP contribution is -1.74. The molecule has 7 heavy (non-hydrogen) atoms. The van der Waals surface area contributed by atoms with Gasteiger partial charge in [0.15, 0.2) is 6.61 Å². The van der Waals surface area contributed by atoms with E-state index in [-0.39, 0.29) is 6.61 Å². The minimum Gasteiger partial charge on any atom is -0.117 e. The Morgan fingerprint density at radius 1 is 2.00 bits per heavy atom. The lowest BCUT2D eigenvalue weighted by Gasteiger charge is -1.66. The zero-order valence-electron chi connectivity index (χ0n) is 3.43. The van der Waals surface area contributed by atoms with Crippen molar-refractivity contribution in [3.8, 4) is 12.3 Å². The molecule has 2 nitrogen and oxygen atoms in total. The summed E-state index contributed by atoms with van der Waals surface area (Å²) in [7, 11) is -3.00. The number of terminal acetylenes is 1. The van der Waals surface area contributed by atoms with Crippen molar-refractivity contribution in [3.05, 3.63) is 0 Å². The molecule has 4 heteroatoms. The molecule has 38 valence electrons. The Kier molecular flexibility index (Phi) is 3.49. The third kappa shape index (κ3) is 5.55. The van der Waals surface area contributed by atoms with E-state index < -0.39 is 8.34 Å². The fourth-order valence-electron chi connectivity index (χ4n) is 0.0880. The van der Waals surface area contributed by atoms with Gasteiger partial charge in [0.05, 0.1) is 4.20 Å². The second-order valence-corrected chi connectivity index (χ2v) is 1.37. The summed E-state index contributed by atoms with van der Waals surface area (Å²) in [6.07, 6.45) is 4.61. The molecule has 0 fully saturated rings. The van der Waals surface area contributed by atoms with Gasteiger partial charge in [-0.3, -0.25) is 0 Å². The van der Waals surface area contributed by atoms with Gasteiger partial charge in [0.1, 0.15) is 0 Å². The first-order chi connectivity index (χ1) is 3.27. The molecule has 0 N–H and O–H groups in total. The third-order valence-electron chi connectivity index (χ3n) is 0.249. The quantitative estimate of drug-likeness (QED) is 0.406. The highest BCUT2D eigenvalue weighted by molar-refractivity contribution is 7.32. The Balaban J connectivity index is 3.02. The highest BCUT2D eigenvalue weighted by atomic mass is 31.2. The molecule has 0 heterocycles. The van der Waals surface area contributed by atoms with Crippen LogP contribution in [0.3, 0.4) is 0 Å². The fraction of sp³-hybridized carbons (Fsp3) is 0.333. The summed E-state index contributed by atoms with van der Waals surface area (Å²) >= 11 is 0. The van der Waals surface area contributed by atoms with Crippen LogP contribution in [0, 0.1) is 12.3 Å². The van der Waals surface area contributed by atoms with E-state index in [9.17, 15) is 8.76 Å². The molecule has 1 atom stereocenters. The summed E-state index contributed by atoms with van der Waals surface area (Å²) in [5.41, 5.74) is 0. The number of hydrogen-bond donors (Lipinski definition) is 0. The largest absolute Gasteiger partial charge is 0.747 e. The van der Waals surface area contributed by atoms with E-state index in [4.69, 9.17) is 0 Å². The van der Waals surface area contributed by atoms with Gasteiger partial charge in [-0.15, -0.1) is 10.9 Å². The van der Waals surface area contributed by atoms with Gasteiger partial charge in [-0.2, -0.15) is 0 Å². The molecule has 0 aromatic rings. The Morgan fingerprint density at radius 3 is 2.71 bits per heavy atom. The van der Waals surface area contributed by atoms with Crippen molar-refractivity contribution in [2.24, 2.45) is 0 Å². The zero-order chi connectivity index (χ0) is 5.70. The van der Waals surface area contributed by atoms with E-state index in [2.05, 4.69) is 10.9 Å². The molecule has 1 unspecified atom stereocenters. The van der Waals surface area contributed by atoms with Crippen LogP contribution in [-0.2, 0) is 9.09 Å². The molecule has 0 saturated carbocycles. The highest BCUT2D eigenvalue weighted by Crippen LogP contribution is 2.21. The number of rotatable bonds is 2. The second kappa shape index (κ2) is 3.73. The molecular weight excluding hydrogens is 118 g/mol. The Hall–Kier alpha value is -0.450. The molecule has 0 aromatic heterocycles. The molecule has 0 rings (SSSR count). The zero-order valence-corrected chi connectivity index (χ0v) is 4.32. The van der Waals surface area contributed by atoms with E-state index >= 15 is 0 Å². The average Bonchev–Trinajstić information content (AvgIpc) is 1.61. The molecule has 0 radical (unpaired) electrons. The predicted octanol–water partition coefficient (Wildman–Crippen LogP) is 1.26. The van der Waals surface area contributed by atoms with Crippen molar-refractivity contribution in [3.63, 3.8) is 0 Å². The summed E-state index contributed by atoms with van der Waals surface area (Å²) in [4.78, 5) is 0. The number of halogens is 1. The van der Waals surface area contributed by atoms with Crippen LogP contribution in [0.2, 0.25) is 0 Å². The lowest BCUT2D eigenvalue weighted by atomic mass is 10.8. The monoisotopic (exact) mass is 121 g/mol. The van der Waals surface area contributed by atoms with Crippen LogP contribution in [0.4, 0.5) is 4.20 Å². The maximum atomic E-state index is 11.1. The van der Waals surface area contributed by atoms with Crippen molar-refractivity contribution in [2.75, 3.05) is 6.61 Å². The molecule has 0 aliphatic rings. The van der Waals surface area contributed by atoms with Gasteiger partial charge in [-0.25, -0.2) is 0 Å². The summed E-state index contributed by atoms with van der Waals surface area (Å²) in [6, 6.07) is 0. The van der Waals surface area contributed by atoms with Crippen LogP contribution < -0.4 is 0 Å². The van der Waals surface area contributed by atoms with E-state index in [1.165, 1.54) is 0 Å². The van der Waals surface area contributed by atoms with E-state index in [0.717, 1.165) is 0 Å². The van der Waals surface area contributed by atoms with Crippen LogP contribution in [-0.4, -0.2) is 6.61 Å². The van der Waals surface area contributed by atoms with Crippen molar-refractivity contribution in [2.45, 2.75) is 0 Å². The third-order valence-corrected chi connectivity index (χ3v) is 0.581. The van der Waals surface area contributed by atoms with E-state index in [1.54, 1.807) is 0 Å². The minimum absolute atomic E-state index is 0.230. The van der Waals surface area contributed by atoms with Gasteiger partial charge in [0.2, 0.25) is 0 Å². The maximum absolute atomic E-state index is 11.1. The van der Waals surface area contributed by atoms with Crippen LogP contribution in [0.5, 0.6) is 0 Å². The second-order valence-electron chi connectivity index (χ2n) is 0.690. The first-order valence-corrected chi connectivity index (χ1v) is 2.53. The maximum Gasteiger partial charge on any atom is 0.747 e. The molecular formula is C3H3FO2P+. The standard InChI is InChI=1S/C3H3FO2P/c1-2-3-6-7(4)5/h1H,3H2/q+1. The average molecular weight is 121 g/mol. The van der Waals surface area contributed by atoms with Gasteiger partial charge >= 0.3 is 8.34 Å².